The third kappa shape index (κ3) is 5.07. The molecule has 1 aliphatic carbocycles. The zero-order chi connectivity index (χ0) is 13.9. The predicted molar refractivity (Wildman–Crippen MR) is 104 cm³/mol. The lowest BCUT2D eigenvalue weighted by molar-refractivity contribution is 0.321. The maximum Gasteiger partial charge on any atom is 0.191 e. The van der Waals surface area contributed by atoms with Crippen molar-refractivity contribution in [1.82, 2.24) is 15.5 Å². The first-order chi connectivity index (χ1) is 9.74. The molecule has 0 spiro atoms. The number of hydrogen-bond acceptors (Lipinski definition) is 3. The van der Waals surface area contributed by atoms with Crippen molar-refractivity contribution in [3.63, 3.8) is 0 Å². The molecule has 1 atom stereocenters. The average Bonchev–Trinajstić information content (AvgIpc) is 3.06. The van der Waals surface area contributed by atoms with Crippen molar-refractivity contribution in [2.45, 2.75) is 37.9 Å². The molecule has 0 bridgehead atoms. The molecule has 2 N–H and O–H groups in total. The largest absolute Gasteiger partial charge is 0.352 e. The quantitative estimate of drug-likeness (QED) is 0.392. The zero-order valence-electron chi connectivity index (χ0n) is 12.1. The minimum atomic E-state index is 0. The molecule has 1 aromatic heterocycles. The number of guanidine groups is 1. The monoisotopic (exact) mass is 484 g/mol. The Morgan fingerprint density at radius 3 is 2.86 bits per heavy atom. The number of halogens is 2. The molecule has 1 aliphatic heterocycles. The molecular formula is C14H22BrIN4S. The van der Waals surface area contributed by atoms with E-state index in [1.165, 1.54) is 34.5 Å². The van der Waals surface area contributed by atoms with E-state index in [0.717, 1.165) is 25.1 Å². The van der Waals surface area contributed by atoms with Gasteiger partial charge in [-0.1, -0.05) is 0 Å². The number of hydrogen-bond donors (Lipinski definition) is 2. The normalized spacial score (nSPS) is 23.0. The third-order valence-electron chi connectivity index (χ3n) is 3.91. The van der Waals surface area contributed by atoms with E-state index < -0.39 is 0 Å². The molecule has 1 unspecified atom stereocenters. The van der Waals surface area contributed by atoms with Gasteiger partial charge in [0.1, 0.15) is 0 Å². The van der Waals surface area contributed by atoms with Gasteiger partial charge in [0.05, 0.1) is 10.3 Å². The maximum absolute atomic E-state index is 4.33. The second kappa shape index (κ2) is 8.12. The molecule has 21 heavy (non-hydrogen) atoms. The summed E-state index contributed by atoms with van der Waals surface area (Å²) in [5.41, 5.74) is 0. The lowest BCUT2D eigenvalue weighted by Gasteiger charge is -2.18. The second-order valence-corrected chi connectivity index (χ2v) is 8.04. The summed E-state index contributed by atoms with van der Waals surface area (Å²) in [7, 11) is 1.84. The topological polar surface area (TPSA) is 39.7 Å². The van der Waals surface area contributed by atoms with E-state index >= 15 is 0 Å². The maximum atomic E-state index is 4.33. The van der Waals surface area contributed by atoms with Crippen LogP contribution >= 0.6 is 51.2 Å². The molecule has 118 valence electrons. The SMILES string of the molecule is CN=C(NCc1ccc(Br)s1)NC1CCN(C2CC2)C1.I. The Morgan fingerprint density at radius 2 is 2.24 bits per heavy atom. The summed E-state index contributed by atoms with van der Waals surface area (Å²) in [6, 6.07) is 5.64. The Bertz CT molecular complexity index is 489. The Morgan fingerprint density at radius 1 is 1.43 bits per heavy atom. The van der Waals surface area contributed by atoms with Crippen LogP contribution in [0.15, 0.2) is 20.9 Å². The second-order valence-electron chi connectivity index (χ2n) is 5.49. The van der Waals surface area contributed by atoms with Crippen LogP contribution in [0.5, 0.6) is 0 Å². The van der Waals surface area contributed by atoms with E-state index in [4.69, 9.17) is 0 Å². The third-order valence-corrected chi connectivity index (χ3v) is 5.53. The van der Waals surface area contributed by atoms with Crippen LogP contribution < -0.4 is 10.6 Å². The molecular weight excluding hydrogens is 463 g/mol. The molecule has 1 aromatic rings. The summed E-state index contributed by atoms with van der Waals surface area (Å²) in [5, 5.41) is 6.94. The van der Waals surface area contributed by atoms with Gasteiger partial charge in [0, 0.05) is 37.1 Å². The van der Waals surface area contributed by atoms with Crippen LogP contribution in [0.2, 0.25) is 0 Å². The van der Waals surface area contributed by atoms with Crippen LogP contribution in [-0.2, 0) is 6.54 Å². The van der Waals surface area contributed by atoms with Gasteiger partial charge in [-0.15, -0.1) is 35.3 Å². The standard InChI is InChI=1S/C14H21BrN4S.HI/c1-16-14(17-8-12-4-5-13(15)20-12)18-10-6-7-19(9-10)11-2-3-11;/h4-5,10-11H,2-3,6-9H2,1H3,(H2,16,17,18);1H. The van der Waals surface area contributed by atoms with Crippen LogP contribution in [0.3, 0.4) is 0 Å². The molecule has 7 heteroatoms. The van der Waals surface area contributed by atoms with Crippen LogP contribution in [0.1, 0.15) is 24.1 Å². The number of aliphatic imine (C=N–C) groups is 1. The highest BCUT2D eigenvalue weighted by Crippen LogP contribution is 2.29. The average molecular weight is 485 g/mol. The fraction of sp³-hybridized carbons (Fsp3) is 0.643. The Balaban J connectivity index is 0.00000161. The summed E-state index contributed by atoms with van der Waals surface area (Å²) in [5.74, 6) is 0.914. The van der Waals surface area contributed by atoms with Crippen LogP contribution in [0.4, 0.5) is 0 Å². The number of nitrogens with zero attached hydrogens (tertiary/aromatic N) is 2. The molecule has 4 nitrogen and oxygen atoms in total. The molecule has 2 heterocycles. The molecule has 3 rings (SSSR count). The van der Waals surface area contributed by atoms with Gasteiger partial charge in [0.25, 0.3) is 0 Å². The summed E-state index contributed by atoms with van der Waals surface area (Å²) in [6.45, 7) is 3.22. The van der Waals surface area contributed by atoms with Gasteiger partial charge in [-0.3, -0.25) is 9.89 Å². The van der Waals surface area contributed by atoms with E-state index in [2.05, 4.69) is 48.6 Å². The van der Waals surface area contributed by atoms with E-state index in [1.54, 1.807) is 11.3 Å². The zero-order valence-corrected chi connectivity index (χ0v) is 16.9. The summed E-state index contributed by atoms with van der Waals surface area (Å²) in [6.07, 6.45) is 4.02. The van der Waals surface area contributed by atoms with Crippen molar-refractivity contribution in [1.29, 1.82) is 0 Å². The summed E-state index contributed by atoms with van der Waals surface area (Å²) >= 11 is 5.25. The van der Waals surface area contributed by atoms with Crippen molar-refractivity contribution in [3.8, 4) is 0 Å². The van der Waals surface area contributed by atoms with Gasteiger partial charge < -0.3 is 10.6 Å². The van der Waals surface area contributed by atoms with Gasteiger partial charge in [-0.05, 0) is 47.3 Å². The molecule has 0 aromatic carbocycles. The number of nitrogens with one attached hydrogen (secondary N) is 2. The van der Waals surface area contributed by atoms with Crippen LogP contribution in [0.25, 0.3) is 0 Å². The van der Waals surface area contributed by atoms with Crippen molar-refractivity contribution in [3.05, 3.63) is 20.8 Å². The van der Waals surface area contributed by atoms with Gasteiger partial charge in [0.2, 0.25) is 0 Å². The van der Waals surface area contributed by atoms with Crippen LogP contribution in [0, 0.1) is 0 Å². The Kier molecular flexibility index (Phi) is 6.77. The number of thiophene rings is 1. The van der Waals surface area contributed by atoms with E-state index in [0.29, 0.717) is 6.04 Å². The first kappa shape index (κ1) is 17.5. The Hall–Kier alpha value is 0.140. The molecule has 2 fully saturated rings. The van der Waals surface area contributed by atoms with Crippen molar-refractivity contribution in [2.24, 2.45) is 4.99 Å². The van der Waals surface area contributed by atoms with E-state index in [9.17, 15) is 0 Å². The highest BCUT2D eigenvalue weighted by molar-refractivity contribution is 14.0. The van der Waals surface area contributed by atoms with Crippen molar-refractivity contribution in [2.75, 3.05) is 20.1 Å². The van der Waals surface area contributed by atoms with Crippen molar-refractivity contribution < 1.29 is 0 Å². The number of rotatable bonds is 4. The van der Waals surface area contributed by atoms with Gasteiger partial charge >= 0.3 is 0 Å². The molecule has 2 aliphatic rings. The fourth-order valence-electron chi connectivity index (χ4n) is 2.68. The molecule has 0 amide bonds. The predicted octanol–water partition coefficient (Wildman–Crippen LogP) is 3.03. The highest BCUT2D eigenvalue weighted by Gasteiger charge is 2.34. The first-order valence-electron chi connectivity index (χ1n) is 7.20. The van der Waals surface area contributed by atoms with E-state index in [-0.39, 0.29) is 24.0 Å². The minimum absolute atomic E-state index is 0. The van der Waals surface area contributed by atoms with Crippen molar-refractivity contribution >= 4 is 57.2 Å². The smallest absolute Gasteiger partial charge is 0.191 e. The van der Waals surface area contributed by atoms with Gasteiger partial charge in [-0.25, -0.2) is 0 Å². The molecule has 1 saturated heterocycles. The lowest BCUT2D eigenvalue weighted by atomic mass is 10.3. The summed E-state index contributed by atoms with van der Waals surface area (Å²) < 4.78 is 1.17. The van der Waals surface area contributed by atoms with Gasteiger partial charge in [-0.2, -0.15) is 0 Å². The number of likely N-dealkylation sites (tertiary alicyclic amines) is 1. The van der Waals surface area contributed by atoms with Crippen LogP contribution in [-0.4, -0.2) is 43.1 Å². The lowest BCUT2D eigenvalue weighted by Crippen LogP contribution is -2.44. The first-order valence-corrected chi connectivity index (χ1v) is 8.81. The summed E-state index contributed by atoms with van der Waals surface area (Å²) in [4.78, 5) is 8.25. The Labute approximate surface area is 155 Å². The van der Waals surface area contributed by atoms with Gasteiger partial charge in [0.15, 0.2) is 5.96 Å². The van der Waals surface area contributed by atoms with E-state index in [1.807, 2.05) is 7.05 Å². The highest BCUT2D eigenvalue weighted by atomic mass is 127. The molecule has 1 saturated carbocycles. The minimum Gasteiger partial charge on any atom is -0.352 e. The fourth-order valence-corrected chi connectivity index (χ4v) is 4.10. The molecule has 0 radical (unpaired) electrons.